The first-order valence-electron chi connectivity index (χ1n) is 8.21. The van der Waals surface area contributed by atoms with E-state index in [1.165, 1.54) is 4.57 Å². The van der Waals surface area contributed by atoms with Gasteiger partial charge in [0.1, 0.15) is 11.9 Å². The number of hydrogen-bond acceptors (Lipinski definition) is 5. The van der Waals surface area contributed by atoms with Crippen LogP contribution < -0.4 is 10.6 Å². The predicted molar refractivity (Wildman–Crippen MR) is 95.8 cm³/mol. The molecule has 0 aliphatic carbocycles. The van der Waals surface area contributed by atoms with Gasteiger partial charge in [-0.25, -0.2) is 9.55 Å². The Morgan fingerprint density at radius 3 is 3.00 bits per heavy atom. The van der Waals surface area contributed by atoms with Gasteiger partial charge in [-0.05, 0) is 37.2 Å². The van der Waals surface area contributed by atoms with E-state index in [1.807, 2.05) is 24.3 Å². The summed E-state index contributed by atoms with van der Waals surface area (Å²) in [5.74, 6) is 0.502. The summed E-state index contributed by atoms with van der Waals surface area (Å²) < 4.78 is 1.69. The van der Waals surface area contributed by atoms with Crippen LogP contribution in [-0.2, 0) is 4.79 Å². The van der Waals surface area contributed by atoms with Crippen molar-refractivity contribution in [1.82, 2.24) is 14.9 Å². The molecule has 1 aromatic heterocycles. The van der Waals surface area contributed by atoms with E-state index in [0.717, 1.165) is 23.7 Å². The van der Waals surface area contributed by atoms with Crippen molar-refractivity contribution in [1.29, 1.82) is 0 Å². The number of nitrogens with zero attached hydrogens (tertiary/aromatic N) is 2. The van der Waals surface area contributed by atoms with Crippen molar-refractivity contribution >= 4 is 40.8 Å². The number of carbonyl (C=O) groups is 2. The topological polar surface area (TPSA) is 76.0 Å². The maximum atomic E-state index is 12.6. The van der Waals surface area contributed by atoms with Crippen LogP contribution in [0.25, 0.3) is 10.9 Å². The second-order valence-corrected chi connectivity index (χ2v) is 6.24. The molecule has 2 heterocycles. The Hall–Kier alpha value is -2.28. The molecule has 6 nitrogen and oxygen atoms in total. The van der Waals surface area contributed by atoms with Crippen LogP contribution in [0.1, 0.15) is 37.4 Å². The summed E-state index contributed by atoms with van der Waals surface area (Å²) in [6.45, 7) is 2.76. The zero-order valence-electron chi connectivity index (χ0n) is 13.5. The van der Waals surface area contributed by atoms with Gasteiger partial charge < -0.3 is 10.6 Å². The minimum absolute atomic E-state index is 0.0272. The number of fused-ring (bicyclic) bond motifs is 3. The van der Waals surface area contributed by atoms with Crippen LogP contribution in [-0.4, -0.2) is 34.0 Å². The zero-order chi connectivity index (χ0) is 17.1. The van der Waals surface area contributed by atoms with Gasteiger partial charge in [0.05, 0.1) is 5.52 Å². The van der Waals surface area contributed by atoms with Crippen molar-refractivity contribution in [3.8, 4) is 0 Å². The second-order valence-electron chi connectivity index (χ2n) is 5.87. The molecule has 1 amide bonds. The monoisotopic (exact) mass is 344 g/mol. The molecule has 126 valence electrons. The molecule has 24 heavy (non-hydrogen) atoms. The third-order valence-corrected chi connectivity index (χ3v) is 4.41. The van der Waals surface area contributed by atoms with Crippen LogP contribution in [0.3, 0.4) is 0 Å². The number of para-hydroxylation sites is 1. The highest BCUT2D eigenvalue weighted by Gasteiger charge is 2.31. The molecule has 0 saturated carbocycles. The maximum absolute atomic E-state index is 12.6. The first-order chi connectivity index (χ1) is 11.6. The minimum Gasteiger partial charge on any atom is -0.359 e. The number of nitrogens with one attached hydrogen (secondary N) is 2. The van der Waals surface area contributed by atoms with E-state index >= 15 is 0 Å². The van der Waals surface area contributed by atoms with Gasteiger partial charge >= 0.3 is 0 Å². The highest BCUT2D eigenvalue weighted by Crippen LogP contribution is 2.28. The smallest absolute Gasteiger partial charge is 0.257 e. The molecule has 3 rings (SSSR count). The Kier molecular flexibility index (Phi) is 4.89. The van der Waals surface area contributed by atoms with Crippen molar-refractivity contribution < 1.29 is 9.59 Å². The van der Waals surface area contributed by atoms with Gasteiger partial charge in [0.2, 0.25) is 10.7 Å². The van der Waals surface area contributed by atoms with E-state index < -0.39 is 6.04 Å². The summed E-state index contributed by atoms with van der Waals surface area (Å²) in [5.41, 5.74) is 0.756. The van der Waals surface area contributed by atoms with Gasteiger partial charge in [-0.3, -0.25) is 9.59 Å². The molecule has 1 unspecified atom stereocenters. The molecule has 0 spiro atoms. The van der Waals surface area contributed by atoms with Crippen molar-refractivity contribution in [2.75, 3.05) is 11.9 Å². The van der Waals surface area contributed by atoms with E-state index in [4.69, 9.17) is 12.2 Å². The first-order valence-corrected chi connectivity index (χ1v) is 8.62. The van der Waals surface area contributed by atoms with E-state index in [0.29, 0.717) is 25.2 Å². The molecule has 1 aromatic carbocycles. The number of hydrogen-bond donors (Lipinski definition) is 2. The van der Waals surface area contributed by atoms with Gasteiger partial charge in [0.15, 0.2) is 0 Å². The molecule has 2 N–H and O–H groups in total. The number of anilines is 1. The quantitative estimate of drug-likeness (QED) is 0.622. The lowest BCUT2D eigenvalue weighted by Gasteiger charge is -2.09. The molecular weight excluding hydrogens is 324 g/mol. The van der Waals surface area contributed by atoms with Gasteiger partial charge in [-0.2, -0.15) is 0 Å². The fraction of sp³-hybridized carbons (Fsp3) is 0.412. The Labute approximate surface area is 145 Å². The highest BCUT2D eigenvalue weighted by atomic mass is 32.1. The molecule has 1 aliphatic heterocycles. The number of benzene rings is 1. The highest BCUT2D eigenvalue weighted by molar-refractivity contribution is 7.71. The third kappa shape index (κ3) is 3.17. The van der Waals surface area contributed by atoms with E-state index in [1.54, 1.807) is 0 Å². The van der Waals surface area contributed by atoms with Gasteiger partial charge in [-0.1, -0.05) is 25.5 Å². The van der Waals surface area contributed by atoms with Crippen molar-refractivity contribution in [2.24, 2.45) is 0 Å². The van der Waals surface area contributed by atoms with Crippen LogP contribution in [0.5, 0.6) is 0 Å². The lowest BCUT2D eigenvalue weighted by molar-refractivity contribution is -0.121. The molecule has 7 heteroatoms. The Bertz CT molecular complexity index is 846. The standard InChI is InChI=1S/C17H20N4O2S/c1-2-3-10-18-14(22)9-8-13-16(23)21-15(19-13)11-6-4-5-7-12(11)20-17(21)24/h4-7,13,19H,2-3,8-10H2,1H3,(H,18,22). The Morgan fingerprint density at radius 1 is 1.42 bits per heavy atom. The fourth-order valence-electron chi connectivity index (χ4n) is 2.83. The number of carbonyl (C=O) groups excluding carboxylic acids is 2. The minimum atomic E-state index is -0.448. The van der Waals surface area contributed by atoms with E-state index in [9.17, 15) is 9.59 Å². The van der Waals surface area contributed by atoms with Crippen LogP contribution in [0, 0.1) is 4.77 Å². The van der Waals surface area contributed by atoms with Crippen molar-refractivity contribution in [3.63, 3.8) is 0 Å². The number of aromatic nitrogens is 2. The van der Waals surface area contributed by atoms with Crippen LogP contribution in [0.4, 0.5) is 5.82 Å². The van der Waals surface area contributed by atoms with E-state index in [-0.39, 0.29) is 16.6 Å². The number of rotatable bonds is 6. The molecule has 0 bridgehead atoms. The predicted octanol–water partition coefficient (Wildman–Crippen LogP) is 2.90. The Balaban J connectivity index is 1.74. The largest absolute Gasteiger partial charge is 0.359 e. The summed E-state index contributed by atoms with van der Waals surface area (Å²) in [7, 11) is 0. The number of unbranched alkanes of at least 4 members (excludes halogenated alkanes) is 1. The summed E-state index contributed by atoms with van der Waals surface area (Å²) in [5, 5.41) is 6.94. The van der Waals surface area contributed by atoms with Gasteiger partial charge in [0.25, 0.3) is 5.91 Å². The molecule has 0 saturated heterocycles. The normalized spacial score (nSPS) is 16.0. The van der Waals surface area contributed by atoms with Crippen molar-refractivity contribution in [3.05, 3.63) is 29.0 Å². The molecule has 1 aliphatic rings. The van der Waals surface area contributed by atoms with E-state index in [2.05, 4.69) is 22.5 Å². The summed E-state index contributed by atoms with van der Waals surface area (Å²) in [4.78, 5) is 28.8. The molecule has 2 aromatic rings. The zero-order valence-corrected chi connectivity index (χ0v) is 14.4. The molecule has 0 radical (unpaired) electrons. The number of amides is 1. The SMILES string of the molecule is CCCCNC(=O)CCC1Nc2c3ccccc3nc(=S)n2C1=O. The molecular formula is C17H20N4O2S. The van der Waals surface area contributed by atoms with Crippen LogP contribution in [0.2, 0.25) is 0 Å². The van der Waals surface area contributed by atoms with Crippen LogP contribution >= 0.6 is 12.2 Å². The van der Waals surface area contributed by atoms with Crippen molar-refractivity contribution in [2.45, 2.75) is 38.6 Å². The first kappa shape index (κ1) is 16.6. The molecule has 1 atom stereocenters. The summed E-state index contributed by atoms with van der Waals surface area (Å²) >= 11 is 5.25. The summed E-state index contributed by atoms with van der Waals surface area (Å²) in [6, 6.07) is 7.11. The summed E-state index contributed by atoms with van der Waals surface area (Å²) in [6.07, 6.45) is 2.74. The fourth-order valence-corrected chi connectivity index (χ4v) is 3.11. The lowest BCUT2D eigenvalue weighted by Crippen LogP contribution is -2.29. The Morgan fingerprint density at radius 2 is 2.21 bits per heavy atom. The van der Waals surface area contributed by atoms with Crippen LogP contribution in [0.15, 0.2) is 24.3 Å². The lowest BCUT2D eigenvalue weighted by atomic mass is 10.1. The third-order valence-electron chi connectivity index (χ3n) is 4.13. The van der Waals surface area contributed by atoms with Gasteiger partial charge in [-0.15, -0.1) is 0 Å². The average Bonchev–Trinajstić information content (AvgIpc) is 2.91. The van der Waals surface area contributed by atoms with Gasteiger partial charge in [0, 0.05) is 18.4 Å². The maximum Gasteiger partial charge on any atom is 0.257 e. The second kappa shape index (κ2) is 7.09. The molecule has 0 fully saturated rings. The average molecular weight is 344 g/mol.